The molecule has 0 fully saturated rings. The van der Waals surface area contributed by atoms with Gasteiger partial charge in [-0.15, -0.1) is 0 Å². The highest BCUT2D eigenvalue weighted by Crippen LogP contribution is 2.31. The fraction of sp³-hybridized carbons (Fsp3) is 0.536. The average Bonchev–Trinajstić information content (AvgIpc) is 2.77. The molecule has 0 aromatic heterocycles. The summed E-state index contributed by atoms with van der Waals surface area (Å²) in [5.41, 5.74) is 2.60. The molecule has 2 aromatic carbocycles. The monoisotopic (exact) mass is 408 g/mol. The molecule has 2 aromatic rings. The lowest BCUT2D eigenvalue weighted by molar-refractivity contribution is 0.103. The van der Waals surface area contributed by atoms with Crippen LogP contribution < -0.4 is 0 Å². The summed E-state index contributed by atoms with van der Waals surface area (Å²) in [6, 6.07) is 17.5. The SMILES string of the molecule is CCCCCCCCCCCC(CC(C)O)c1ccccc1C(=O)c1ccccc1. The summed E-state index contributed by atoms with van der Waals surface area (Å²) in [5, 5.41) is 10.1. The molecular formula is C28H40O2. The van der Waals surface area contributed by atoms with E-state index in [0.717, 1.165) is 29.5 Å². The van der Waals surface area contributed by atoms with E-state index in [4.69, 9.17) is 0 Å². The Hall–Kier alpha value is -1.93. The van der Waals surface area contributed by atoms with E-state index >= 15 is 0 Å². The first kappa shape index (κ1) is 24.3. The fourth-order valence-electron chi connectivity index (χ4n) is 4.32. The van der Waals surface area contributed by atoms with Crippen LogP contribution in [-0.4, -0.2) is 17.0 Å². The van der Waals surface area contributed by atoms with Crippen molar-refractivity contribution in [2.75, 3.05) is 0 Å². The van der Waals surface area contributed by atoms with Crippen molar-refractivity contribution < 1.29 is 9.90 Å². The number of rotatable bonds is 15. The number of ketones is 1. The summed E-state index contributed by atoms with van der Waals surface area (Å²) < 4.78 is 0. The van der Waals surface area contributed by atoms with E-state index in [1.54, 1.807) is 0 Å². The van der Waals surface area contributed by atoms with E-state index in [1.165, 1.54) is 51.4 Å². The van der Waals surface area contributed by atoms with E-state index in [2.05, 4.69) is 13.0 Å². The van der Waals surface area contributed by atoms with Crippen molar-refractivity contribution >= 4 is 5.78 Å². The molecule has 0 saturated carbocycles. The summed E-state index contributed by atoms with van der Waals surface area (Å²) >= 11 is 0. The average molecular weight is 409 g/mol. The topological polar surface area (TPSA) is 37.3 Å². The van der Waals surface area contributed by atoms with Crippen LogP contribution >= 0.6 is 0 Å². The first-order valence-corrected chi connectivity index (χ1v) is 12.0. The Morgan fingerprint density at radius 1 is 0.800 bits per heavy atom. The van der Waals surface area contributed by atoms with Crippen LogP contribution in [0.3, 0.4) is 0 Å². The molecule has 0 saturated heterocycles. The van der Waals surface area contributed by atoms with Crippen molar-refractivity contribution in [2.24, 2.45) is 0 Å². The van der Waals surface area contributed by atoms with E-state index in [-0.39, 0.29) is 17.8 Å². The van der Waals surface area contributed by atoms with Gasteiger partial charge in [0.2, 0.25) is 0 Å². The van der Waals surface area contributed by atoms with Crippen LogP contribution in [0, 0.1) is 0 Å². The highest BCUT2D eigenvalue weighted by Gasteiger charge is 2.21. The molecular weight excluding hydrogens is 368 g/mol. The molecule has 0 aliphatic heterocycles. The number of hydrogen-bond acceptors (Lipinski definition) is 2. The molecule has 2 rings (SSSR count). The Labute approximate surface area is 183 Å². The first-order chi connectivity index (χ1) is 14.6. The third-order valence-corrected chi connectivity index (χ3v) is 5.96. The molecule has 0 amide bonds. The standard InChI is InChI=1S/C28H40O2/c1-3-4-5-6-7-8-9-10-12-19-25(22-23(2)29)26-20-15-16-21-27(26)28(30)24-17-13-11-14-18-24/h11,13-18,20-21,23,25,29H,3-10,12,19,22H2,1-2H3. The lowest BCUT2D eigenvalue weighted by atomic mass is 9.84. The van der Waals surface area contributed by atoms with Gasteiger partial charge in [-0.3, -0.25) is 4.79 Å². The second-order valence-electron chi connectivity index (χ2n) is 8.68. The van der Waals surface area contributed by atoms with Gasteiger partial charge in [0.1, 0.15) is 0 Å². The number of carbonyl (C=O) groups excluding carboxylic acids is 1. The van der Waals surface area contributed by atoms with Crippen molar-refractivity contribution in [1.82, 2.24) is 0 Å². The van der Waals surface area contributed by atoms with Gasteiger partial charge < -0.3 is 5.11 Å². The van der Waals surface area contributed by atoms with Crippen molar-refractivity contribution in [1.29, 1.82) is 0 Å². The molecule has 2 nitrogen and oxygen atoms in total. The van der Waals surface area contributed by atoms with E-state index in [0.29, 0.717) is 6.42 Å². The third-order valence-electron chi connectivity index (χ3n) is 5.96. The molecule has 0 aliphatic rings. The zero-order valence-corrected chi connectivity index (χ0v) is 19.0. The summed E-state index contributed by atoms with van der Waals surface area (Å²) in [5.74, 6) is 0.298. The van der Waals surface area contributed by atoms with Gasteiger partial charge in [0.25, 0.3) is 0 Å². The van der Waals surface area contributed by atoms with Crippen LogP contribution in [0.5, 0.6) is 0 Å². The van der Waals surface area contributed by atoms with Gasteiger partial charge in [-0.1, -0.05) is 119 Å². The summed E-state index contributed by atoms with van der Waals surface area (Å²) in [7, 11) is 0. The second-order valence-corrected chi connectivity index (χ2v) is 8.68. The molecule has 0 radical (unpaired) electrons. The van der Waals surface area contributed by atoms with Gasteiger partial charge in [0.15, 0.2) is 5.78 Å². The van der Waals surface area contributed by atoms with E-state index in [9.17, 15) is 9.90 Å². The van der Waals surface area contributed by atoms with Crippen LogP contribution in [0.25, 0.3) is 0 Å². The Bertz CT molecular complexity index is 720. The maximum absolute atomic E-state index is 13.1. The first-order valence-electron chi connectivity index (χ1n) is 12.0. The van der Waals surface area contributed by atoms with Crippen LogP contribution in [0.4, 0.5) is 0 Å². The lowest BCUT2D eigenvalue weighted by Crippen LogP contribution is -2.13. The van der Waals surface area contributed by atoms with E-state index < -0.39 is 0 Å². The van der Waals surface area contributed by atoms with Gasteiger partial charge in [-0.2, -0.15) is 0 Å². The normalized spacial score (nSPS) is 13.2. The predicted molar refractivity (Wildman–Crippen MR) is 127 cm³/mol. The summed E-state index contributed by atoms with van der Waals surface area (Å²) in [4.78, 5) is 13.1. The molecule has 164 valence electrons. The summed E-state index contributed by atoms with van der Waals surface area (Å²) in [6.45, 7) is 4.11. The smallest absolute Gasteiger partial charge is 0.193 e. The highest BCUT2D eigenvalue weighted by molar-refractivity contribution is 6.10. The Morgan fingerprint density at radius 2 is 1.37 bits per heavy atom. The Balaban J connectivity index is 1.96. The van der Waals surface area contributed by atoms with Crippen LogP contribution in [-0.2, 0) is 0 Å². The van der Waals surface area contributed by atoms with Crippen LogP contribution in [0.15, 0.2) is 54.6 Å². The largest absolute Gasteiger partial charge is 0.393 e. The second kappa shape index (κ2) is 14.1. The van der Waals surface area contributed by atoms with E-state index in [1.807, 2.05) is 55.5 Å². The molecule has 2 heteroatoms. The van der Waals surface area contributed by atoms with Gasteiger partial charge >= 0.3 is 0 Å². The van der Waals surface area contributed by atoms with Crippen molar-refractivity contribution in [3.8, 4) is 0 Å². The lowest BCUT2D eigenvalue weighted by Gasteiger charge is -2.22. The van der Waals surface area contributed by atoms with Gasteiger partial charge in [-0.25, -0.2) is 0 Å². The maximum Gasteiger partial charge on any atom is 0.193 e. The molecule has 30 heavy (non-hydrogen) atoms. The molecule has 0 aliphatic carbocycles. The molecule has 2 atom stereocenters. The van der Waals surface area contributed by atoms with Crippen LogP contribution in [0.1, 0.15) is 112 Å². The third kappa shape index (κ3) is 8.44. The number of hydrogen-bond donors (Lipinski definition) is 1. The molecule has 0 bridgehead atoms. The Kier molecular flexibility index (Phi) is 11.5. The van der Waals surface area contributed by atoms with Crippen molar-refractivity contribution in [3.05, 3.63) is 71.3 Å². The zero-order valence-electron chi connectivity index (χ0n) is 19.0. The molecule has 1 N–H and O–H groups in total. The zero-order chi connectivity index (χ0) is 21.6. The van der Waals surface area contributed by atoms with Crippen molar-refractivity contribution in [2.45, 2.75) is 96.5 Å². The minimum atomic E-state index is -0.367. The number of benzene rings is 2. The minimum absolute atomic E-state index is 0.0777. The van der Waals surface area contributed by atoms with Gasteiger partial charge in [0.05, 0.1) is 6.10 Å². The fourth-order valence-corrected chi connectivity index (χ4v) is 4.32. The van der Waals surface area contributed by atoms with Gasteiger partial charge in [-0.05, 0) is 31.2 Å². The number of aliphatic hydroxyl groups excluding tert-OH is 1. The predicted octanol–water partition coefficient (Wildman–Crippen LogP) is 7.69. The summed E-state index contributed by atoms with van der Waals surface area (Å²) in [6.07, 6.45) is 13.1. The molecule has 0 heterocycles. The molecule has 0 spiro atoms. The number of unbranched alkanes of at least 4 members (excludes halogenated alkanes) is 8. The van der Waals surface area contributed by atoms with Crippen molar-refractivity contribution in [3.63, 3.8) is 0 Å². The van der Waals surface area contributed by atoms with Gasteiger partial charge in [0, 0.05) is 11.1 Å². The number of aliphatic hydroxyl groups is 1. The molecule has 2 unspecified atom stereocenters. The Morgan fingerprint density at radius 3 is 2.00 bits per heavy atom. The quantitative estimate of drug-likeness (QED) is 0.242. The maximum atomic E-state index is 13.1. The highest BCUT2D eigenvalue weighted by atomic mass is 16.3. The van der Waals surface area contributed by atoms with Crippen LogP contribution in [0.2, 0.25) is 0 Å². The minimum Gasteiger partial charge on any atom is -0.393 e. The number of carbonyl (C=O) groups is 1.